The molecule has 0 amide bonds. The molecule has 2 aromatic rings. The van der Waals surface area contributed by atoms with Crippen LogP contribution in [0.3, 0.4) is 0 Å². The molecule has 1 aromatic heterocycles. The van der Waals surface area contributed by atoms with Gasteiger partial charge >= 0.3 is 5.97 Å². The summed E-state index contributed by atoms with van der Waals surface area (Å²) in [6, 6.07) is 7.92. The lowest BCUT2D eigenvalue weighted by Crippen LogP contribution is -2.24. The lowest BCUT2D eigenvalue weighted by Gasteiger charge is -2.23. The van der Waals surface area contributed by atoms with Crippen LogP contribution < -0.4 is 0 Å². The highest BCUT2D eigenvalue weighted by atomic mass is 16.5. The van der Waals surface area contributed by atoms with Crippen LogP contribution >= 0.6 is 0 Å². The van der Waals surface area contributed by atoms with Crippen molar-refractivity contribution in [2.75, 3.05) is 7.11 Å². The van der Waals surface area contributed by atoms with E-state index in [1.165, 1.54) is 0 Å². The molecule has 0 saturated heterocycles. The molecule has 0 radical (unpaired) electrons. The average molecular weight is 275 g/mol. The monoisotopic (exact) mass is 275 g/mol. The van der Waals surface area contributed by atoms with Crippen LogP contribution in [0.15, 0.2) is 30.5 Å². The molecular formula is C16H21NO3. The Bertz CT molecular complexity index is 613. The van der Waals surface area contributed by atoms with Crippen LogP contribution in [0, 0.1) is 0 Å². The van der Waals surface area contributed by atoms with Crippen LogP contribution in [0.2, 0.25) is 0 Å². The fourth-order valence-electron chi connectivity index (χ4n) is 2.30. The third-order valence-electron chi connectivity index (χ3n) is 3.72. The summed E-state index contributed by atoms with van der Waals surface area (Å²) in [5.74, 6) is -0.801. The van der Waals surface area contributed by atoms with Gasteiger partial charge < -0.3 is 14.4 Å². The number of hydrogen-bond acceptors (Lipinski definition) is 2. The summed E-state index contributed by atoms with van der Waals surface area (Å²) in [5, 5.41) is 10.0. The quantitative estimate of drug-likeness (QED) is 0.881. The Morgan fingerprint density at radius 1 is 1.35 bits per heavy atom. The molecule has 0 unspecified atom stereocenters. The molecule has 1 N–H and O–H groups in total. The number of aryl methyl sites for hydroxylation is 1. The van der Waals surface area contributed by atoms with E-state index in [0.717, 1.165) is 29.4 Å². The van der Waals surface area contributed by atoms with E-state index in [9.17, 15) is 4.79 Å². The zero-order valence-corrected chi connectivity index (χ0v) is 12.2. The second-order valence-electron chi connectivity index (χ2n) is 5.65. The van der Waals surface area contributed by atoms with E-state index in [1.54, 1.807) is 7.11 Å². The zero-order valence-electron chi connectivity index (χ0n) is 12.2. The Morgan fingerprint density at radius 3 is 2.70 bits per heavy atom. The minimum Gasteiger partial charge on any atom is -0.481 e. The second-order valence-corrected chi connectivity index (χ2v) is 5.65. The van der Waals surface area contributed by atoms with Gasteiger partial charge in [-0.1, -0.05) is 18.2 Å². The molecule has 0 aliphatic heterocycles. The third-order valence-corrected chi connectivity index (χ3v) is 3.72. The number of fused-ring (bicyclic) bond motifs is 1. The van der Waals surface area contributed by atoms with Gasteiger partial charge in [-0.25, -0.2) is 0 Å². The Kier molecular flexibility index (Phi) is 4.14. The number of hydrogen-bond donors (Lipinski definition) is 1. The highest BCUT2D eigenvalue weighted by molar-refractivity contribution is 5.87. The lowest BCUT2D eigenvalue weighted by molar-refractivity contribution is -0.136. The molecule has 4 heteroatoms. The summed E-state index contributed by atoms with van der Waals surface area (Å²) in [5.41, 5.74) is 1.76. The van der Waals surface area contributed by atoms with Crippen LogP contribution in [0.5, 0.6) is 0 Å². The number of benzene rings is 1. The van der Waals surface area contributed by atoms with Crippen LogP contribution in [0.4, 0.5) is 0 Å². The van der Waals surface area contributed by atoms with Gasteiger partial charge in [0.05, 0.1) is 12.0 Å². The Hall–Kier alpha value is -1.81. The fourth-order valence-corrected chi connectivity index (χ4v) is 2.30. The van der Waals surface area contributed by atoms with Gasteiger partial charge in [0.25, 0.3) is 0 Å². The highest BCUT2D eigenvalue weighted by Gasteiger charge is 2.17. The molecule has 20 heavy (non-hydrogen) atoms. The van der Waals surface area contributed by atoms with Crippen molar-refractivity contribution in [1.82, 2.24) is 4.57 Å². The number of aliphatic carboxylic acids is 1. The molecule has 2 rings (SSSR count). The van der Waals surface area contributed by atoms with Gasteiger partial charge in [-0.3, -0.25) is 4.79 Å². The van der Waals surface area contributed by atoms with Gasteiger partial charge in [-0.15, -0.1) is 0 Å². The zero-order chi connectivity index (χ0) is 14.8. The van der Waals surface area contributed by atoms with Gasteiger partial charge in [0.15, 0.2) is 0 Å². The molecule has 0 fully saturated rings. The van der Waals surface area contributed by atoms with Crippen molar-refractivity contribution in [3.63, 3.8) is 0 Å². The van der Waals surface area contributed by atoms with E-state index >= 15 is 0 Å². The summed E-state index contributed by atoms with van der Waals surface area (Å²) >= 11 is 0. The van der Waals surface area contributed by atoms with Crippen LogP contribution in [-0.4, -0.2) is 28.4 Å². The normalized spacial score (nSPS) is 11.9. The van der Waals surface area contributed by atoms with E-state index in [1.807, 2.05) is 30.5 Å². The van der Waals surface area contributed by atoms with Crippen molar-refractivity contribution >= 4 is 16.9 Å². The number of carboxylic acids is 1. The number of aromatic nitrogens is 1. The number of carboxylic acid groups (broad SMARTS) is 1. The Labute approximate surface area is 119 Å². The molecule has 0 saturated carbocycles. The van der Waals surface area contributed by atoms with Crippen molar-refractivity contribution < 1.29 is 14.6 Å². The van der Waals surface area contributed by atoms with Crippen molar-refractivity contribution in [2.24, 2.45) is 0 Å². The highest BCUT2D eigenvalue weighted by Crippen LogP contribution is 2.24. The predicted octanol–water partition coefficient (Wildman–Crippen LogP) is 3.08. The second kappa shape index (κ2) is 5.67. The van der Waals surface area contributed by atoms with Crippen LogP contribution in [-0.2, 0) is 22.5 Å². The van der Waals surface area contributed by atoms with Crippen molar-refractivity contribution in [3.05, 3.63) is 36.0 Å². The number of methoxy groups -OCH3 is 1. The summed E-state index contributed by atoms with van der Waals surface area (Å²) in [6.45, 7) is 4.91. The van der Waals surface area contributed by atoms with Gasteiger partial charge in [0.2, 0.25) is 0 Å². The first-order valence-electron chi connectivity index (χ1n) is 6.76. The first-order valence-corrected chi connectivity index (χ1v) is 6.76. The maximum absolute atomic E-state index is 11.0. The van der Waals surface area contributed by atoms with Gasteiger partial charge in [0, 0.05) is 30.8 Å². The number of ether oxygens (including phenoxy) is 1. The van der Waals surface area contributed by atoms with Crippen molar-refractivity contribution in [2.45, 2.75) is 38.8 Å². The smallest absolute Gasteiger partial charge is 0.307 e. The van der Waals surface area contributed by atoms with E-state index in [-0.39, 0.29) is 12.0 Å². The van der Waals surface area contributed by atoms with E-state index in [2.05, 4.69) is 18.4 Å². The maximum Gasteiger partial charge on any atom is 0.307 e. The minimum absolute atomic E-state index is 0.0567. The summed E-state index contributed by atoms with van der Waals surface area (Å²) in [7, 11) is 1.71. The SMILES string of the molecule is COC(C)(C)CCn1cc(CC(=O)O)c2ccccc21. The molecule has 108 valence electrons. The summed E-state index contributed by atoms with van der Waals surface area (Å²) < 4.78 is 7.55. The number of rotatable bonds is 6. The van der Waals surface area contributed by atoms with Crippen LogP contribution in [0.25, 0.3) is 10.9 Å². The maximum atomic E-state index is 11.0. The molecule has 0 atom stereocenters. The molecule has 0 aliphatic carbocycles. The fraction of sp³-hybridized carbons (Fsp3) is 0.438. The molecule has 0 spiro atoms. The molecular weight excluding hydrogens is 254 g/mol. The summed E-state index contributed by atoms with van der Waals surface area (Å²) in [4.78, 5) is 11.0. The first kappa shape index (κ1) is 14.6. The standard InChI is InChI=1S/C16H21NO3/c1-16(2,20-3)8-9-17-11-12(10-15(18)19)13-6-4-5-7-14(13)17/h4-7,11H,8-10H2,1-3H3,(H,18,19). The van der Waals surface area contributed by atoms with E-state index < -0.39 is 5.97 Å². The van der Waals surface area contributed by atoms with Gasteiger partial charge in [0.1, 0.15) is 0 Å². The molecule has 0 aliphatic rings. The molecule has 1 aromatic carbocycles. The molecule has 1 heterocycles. The largest absolute Gasteiger partial charge is 0.481 e. The minimum atomic E-state index is -0.801. The number of para-hydroxylation sites is 1. The molecule has 0 bridgehead atoms. The predicted molar refractivity (Wildman–Crippen MR) is 79.0 cm³/mol. The topological polar surface area (TPSA) is 51.5 Å². The van der Waals surface area contributed by atoms with E-state index in [0.29, 0.717) is 0 Å². The molecule has 4 nitrogen and oxygen atoms in total. The average Bonchev–Trinajstić information content (AvgIpc) is 2.75. The summed E-state index contributed by atoms with van der Waals surface area (Å²) in [6.07, 6.45) is 2.88. The Balaban J connectivity index is 2.31. The first-order chi connectivity index (χ1) is 9.43. The number of nitrogens with zero attached hydrogens (tertiary/aromatic N) is 1. The third kappa shape index (κ3) is 3.20. The van der Waals surface area contributed by atoms with Gasteiger partial charge in [-0.05, 0) is 31.9 Å². The Morgan fingerprint density at radius 2 is 2.05 bits per heavy atom. The lowest BCUT2D eigenvalue weighted by atomic mass is 10.1. The van der Waals surface area contributed by atoms with Crippen LogP contribution in [0.1, 0.15) is 25.8 Å². The van der Waals surface area contributed by atoms with Crippen molar-refractivity contribution in [1.29, 1.82) is 0 Å². The van der Waals surface area contributed by atoms with E-state index in [4.69, 9.17) is 9.84 Å². The van der Waals surface area contributed by atoms with Crippen molar-refractivity contribution in [3.8, 4) is 0 Å². The number of carbonyl (C=O) groups is 1. The van der Waals surface area contributed by atoms with Gasteiger partial charge in [-0.2, -0.15) is 0 Å².